The average molecular weight is 463 g/mol. The molecule has 8 nitrogen and oxygen atoms in total. The number of aromatic nitrogens is 6. The van der Waals surface area contributed by atoms with Crippen molar-refractivity contribution >= 4 is 17.0 Å². The van der Waals surface area contributed by atoms with Crippen LogP contribution in [0.4, 0.5) is 5.82 Å². The minimum Gasteiger partial charge on any atom is -0.383 e. The number of rotatable bonds is 5. The molecular weight excluding hydrogens is 436 g/mol. The van der Waals surface area contributed by atoms with Gasteiger partial charge in [-0.15, -0.1) is 0 Å². The Bertz CT molecular complexity index is 1530. The monoisotopic (exact) mass is 462 g/mol. The quantitative estimate of drug-likeness (QED) is 0.402. The van der Waals surface area contributed by atoms with Crippen molar-refractivity contribution in [2.75, 3.05) is 5.73 Å². The number of nitrogens with two attached hydrogens (primary N) is 1. The van der Waals surface area contributed by atoms with Crippen molar-refractivity contribution in [1.29, 1.82) is 0 Å². The van der Waals surface area contributed by atoms with Crippen LogP contribution in [0.1, 0.15) is 42.9 Å². The lowest BCUT2D eigenvalue weighted by Crippen LogP contribution is -2.37. The van der Waals surface area contributed by atoms with Gasteiger partial charge in [-0.3, -0.25) is 4.57 Å². The summed E-state index contributed by atoms with van der Waals surface area (Å²) < 4.78 is 3.86. The highest BCUT2D eigenvalue weighted by atomic mass is 15.3. The second-order valence-electron chi connectivity index (χ2n) is 9.44. The number of nitrogens with zero attached hydrogens (tertiary/aromatic N) is 6. The molecule has 0 radical (unpaired) electrons. The van der Waals surface area contributed by atoms with Gasteiger partial charge in [0.2, 0.25) is 0 Å². The zero-order chi connectivity index (χ0) is 23.4. The molecule has 5 aromatic rings. The Morgan fingerprint density at radius 2 is 1.91 bits per heavy atom. The van der Waals surface area contributed by atoms with Crippen molar-refractivity contribution in [1.82, 2.24) is 34.6 Å². The van der Waals surface area contributed by atoms with Crippen molar-refractivity contribution in [2.45, 2.75) is 44.2 Å². The summed E-state index contributed by atoms with van der Waals surface area (Å²) in [6.07, 6.45) is 11.5. The molecule has 2 aliphatic carbocycles. The maximum absolute atomic E-state index is 6.29. The summed E-state index contributed by atoms with van der Waals surface area (Å²) in [5.41, 5.74) is 12.5. The van der Waals surface area contributed by atoms with Gasteiger partial charge in [-0.2, -0.15) is 5.10 Å². The van der Waals surface area contributed by atoms with Gasteiger partial charge in [-0.25, -0.2) is 19.6 Å². The smallest absolute Gasteiger partial charge is 0.167 e. The van der Waals surface area contributed by atoms with Crippen molar-refractivity contribution < 1.29 is 0 Å². The molecule has 7 rings (SSSR count). The number of hydrogen-bond donors (Lipinski definition) is 2. The van der Waals surface area contributed by atoms with Crippen molar-refractivity contribution in [3.8, 4) is 22.9 Å². The highest BCUT2D eigenvalue weighted by Gasteiger charge is 2.28. The molecule has 1 aromatic carbocycles. The third kappa shape index (κ3) is 3.40. The van der Waals surface area contributed by atoms with Crippen LogP contribution in [-0.4, -0.2) is 35.3 Å². The van der Waals surface area contributed by atoms with E-state index in [-0.39, 0.29) is 0 Å². The maximum atomic E-state index is 6.29. The molecule has 2 aliphatic rings. The Kier molecular flexibility index (Phi) is 4.66. The number of benzene rings is 1. The lowest BCUT2D eigenvalue weighted by molar-refractivity contribution is 0.304. The molecule has 1 saturated carbocycles. The summed E-state index contributed by atoms with van der Waals surface area (Å²) in [6.45, 7) is 0. The van der Waals surface area contributed by atoms with Gasteiger partial charge >= 0.3 is 0 Å². The number of nitrogen functional groups attached to an aromatic ring is 1. The van der Waals surface area contributed by atoms with Crippen molar-refractivity contribution in [2.24, 2.45) is 0 Å². The molecule has 4 aromatic heterocycles. The number of imidazole rings is 1. The molecule has 0 aliphatic heterocycles. The van der Waals surface area contributed by atoms with E-state index in [1.54, 1.807) is 17.1 Å². The minimum atomic E-state index is 0.446. The van der Waals surface area contributed by atoms with E-state index < -0.39 is 0 Å². The Hall–Kier alpha value is -4.04. The zero-order valence-electron chi connectivity index (χ0n) is 19.3. The number of anilines is 1. The average Bonchev–Trinajstić information content (AvgIpc) is 3.59. The van der Waals surface area contributed by atoms with E-state index in [0.29, 0.717) is 17.9 Å². The van der Waals surface area contributed by atoms with Crippen LogP contribution in [0.2, 0.25) is 0 Å². The van der Waals surface area contributed by atoms with Crippen LogP contribution in [0.15, 0.2) is 67.1 Å². The van der Waals surface area contributed by atoms with E-state index in [2.05, 4.69) is 38.2 Å². The van der Waals surface area contributed by atoms with Crippen molar-refractivity contribution in [3.63, 3.8) is 0 Å². The first-order valence-corrected chi connectivity index (χ1v) is 12.2. The van der Waals surface area contributed by atoms with Crippen LogP contribution in [0.5, 0.6) is 0 Å². The van der Waals surface area contributed by atoms with E-state index in [4.69, 9.17) is 15.7 Å². The van der Waals surface area contributed by atoms with Crippen LogP contribution < -0.4 is 11.1 Å². The fraction of sp³-hybridized carbons (Fsp3) is 0.259. The van der Waals surface area contributed by atoms with Crippen LogP contribution in [-0.2, 0) is 6.42 Å². The SMILES string of the molecule is Nc1ncccc1-c1nc2ccc(-n3cccn3)nc2n1-c1ccc2c(c1)CC[C@@H]2NC1CCC1. The lowest BCUT2D eigenvalue weighted by Gasteiger charge is -2.30. The number of hydrogen-bond acceptors (Lipinski definition) is 6. The van der Waals surface area contributed by atoms with Gasteiger partial charge in [0, 0.05) is 36.4 Å². The van der Waals surface area contributed by atoms with Gasteiger partial charge in [-0.1, -0.05) is 12.5 Å². The number of nitrogens with one attached hydrogen (secondary N) is 1. The first kappa shape index (κ1) is 20.3. The fourth-order valence-corrected chi connectivity index (χ4v) is 5.29. The molecule has 35 heavy (non-hydrogen) atoms. The Morgan fingerprint density at radius 3 is 2.71 bits per heavy atom. The summed E-state index contributed by atoms with van der Waals surface area (Å²) in [7, 11) is 0. The largest absolute Gasteiger partial charge is 0.383 e. The number of pyridine rings is 2. The summed E-state index contributed by atoms with van der Waals surface area (Å²) in [5.74, 6) is 1.92. The molecule has 4 heterocycles. The molecule has 1 fully saturated rings. The lowest BCUT2D eigenvalue weighted by atomic mass is 9.92. The van der Waals surface area contributed by atoms with Crippen LogP contribution >= 0.6 is 0 Å². The number of aryl methyl sites for hydroxylation is 1. The summed E-state index contributed by atoms with van der Waals surface area (Å²) in [4.78, 5) is 14.2. The fourth-order valence-electron chi connectivity index (χ4n) is 5.29. The van der Waals surface area contributed by atoms with Crippen LogP contribution in [0.3, 0.4) is 0 Å². The van der Waals surface area contributed by atoms with Crippen molar-refractivity contribution in [3.05, 3.63) is 78.2 Å². The van der Waals surface area contributed by atoms with Crippen LogP contribution in [0.25, 0.3) is 34.1 Å². The molecule has 0 bridgehead atoms. The topological polar surface area (TPSA) is 99.5 Å². The predicted molar refractivity (Wildman–Crippen MR) is 135 cm³/mol. The Labute approximate surface area is 202 Å². The van der Waals surface area contributed by atoms with Gasteiger partial charge in [-0.05, 0) is 79.3 Å². The number of fused-ring (bicyclic) bond motifs is 2. The summed E-state index contributed by atoms with van der Waals surface area (Å²) in [5, 5.41) is 8.21. The maximum Gasteiger partial charge on any atom is 0.167 e. The van der Waals surface area contributed by atoms with E-state index in [1.165, 1.54) is 30.4 Å². The van der Waals surface area contributed by atoms with Gasteiger partial charge in [0.05, 0.1) is 5.56 Å². The Balaban J connectivity index is 1.39. The van der Waals surface area contributed by atoms with Crippen LogP contribution in [0, 0.1) is 0 Å². The Morgan fingerprint density at radius 1 is 0.971 bits per heavy atom. The zero-order valence-corrected chi connectivity index (χ0v) is 19.3. The standard InChI is InChI=1S/C27H26N8/c28-25-21(6-2-13-29-25)26-32-23-11-12-24(34-15-3-14-30-34)33-27(23)35(26)19-8-9-20-17(16-19)7-10-22(20)31-18-4-1-5-18/h2-3,6,8-9,11-16,18,22,31H,1,4-5,7,10H2,(H2,28,29)/t22-/m0/s1. The molecular formula is C27H26N8. The second kappa shape index (κ2) is 8.02. The van der Waals surface area contributed by atoms with Gasteiger partial charge < -0.3 is 11.1 Å². The van der Waals surface area contributed by atoms with E-state index in [9.17, 15) is 0 Å². The van der Waals surface area contributed by atoms with E-state index >= 15 is 0 Å². The predicted octanol–water partition coefficient (Wildman–Crippen LogP) is 4.38. The molecule has 0 unspecified atom stereocenters. The molecule has 0 spiro atoms. The van der Waals surface area contributed by atoms with E-state index in [0.717, 1.165) is 46.9 Å². The first-order chi connectivity index (χ1) is 17.2. The third-order valence-electron chi connectivity index (χ3n) is 7.31. The van der Waals surface area contributed by atoms with Gasteiger partial charge in [0.25, 0.3) is 0 Å². The summed E-state index contributed by atoms with van der Waals surface area (Å²) in [6, 6.07) is 17.5. The minimum absolute atomic E-state index is 0.446. The molecule has 0 amide bonds. The van der Waals surface area contributed by atoms with Gasteiger partial charge in [0.1, 0.15) is 11.3 Å². The third-order valence-corrected chi connectivity index (χ3v) is 7.31. The molecule has 174 valence electrons. The molecule has 0 saturated heterocycles. The summed E-state index contributed by atoms with van der Waals surface area (Å²) >= 11 is 0. The second-order valence-corrected chi connectivity index (χ2v) is 9.44. The molecule has 1 atom stereocenters. The normalized spacial score (nSPS) is 17.5. The highest BCUT2D eigenvalue weighted by molar-refractivity contribution is 5.83. The van der Waals surface area contributed by atoms with E-state index in [1.807, 2.05) is 36.5 Å². The molecule has 3 N–H and O–H groups in total. The first-order valence-electron chi connectivity index (χ1n) is 12.2. The molecule has 8 heteroatoms. The van der Waals surface area contributed by atoms with Gasteiger partial charge in [0.15, 0.2) is 17.3 Å². The highest BCUT2D eigenvalue weighted by Crippen LogP contribution is 2.37.